The first-order chi connectivity index (χ1) is 7.35. The Hall–Kier alpha value is -1.59. The van der Waals surface area contributed by atoms with Crippen LogP contribution in [0.25, 0.3) is 0 Å². The molecule has 0 spiro atoms. The van der Waals surface area contributed by atoms with Gasteiger partial charge < -0.3 is 4.74 Å². The van der Waals surface area contributed by atoms with Crippen molar-refractivity contribution in [1.82, 2.24) is 0 Å². The Labute approximate surface area is 88.8 Å². The fourth-order valence-corrected chi connectivity index (χ4v) is 1.16. The van der Waals surface area contributed by atoms with Crippen molar-refractivity contribution in [3.8, 4) is 5.75 Å². The van der Waals surface area contributed by atoms with E-state index in [4.69, 9.17) is 0 Å². The number of rotatable bonds is 3. The van der Waals surface area contributed by atoms with Gasteiger partial charge in [-0.15, -0.1) is 13.2 Å². The molecule has 88 valence electrons. The van der Waals surface area contributed by atoms with Gasteiger partial charge in [0.05, 0.1) is 5.56 Å². The van der Waals surface area contributed by atoms with E-state index < -0.39 is 29.3 Å². The first kappa shape index (κ1) is 12.5. The highest BCUT2D eigenvalue weighted by molar-refractivity contribution is 5.98. The fraction of sp³-hybridized carbons (Fsp3) is 0.300. The van der Waals surface area contributed by atoms with Gasteiger partial charge in [0.2, 0.25) is 0 Å². The lowest BCUT2D eigenvalue weighted by atomic mass is 10.1. The fourth-order valence-electron chi connectivity index (χ4n) is 1.16. The summed E-state index contributed by atoms with van der Waals surface area (Å²) in [6.45, 7) is 1.42. The van der Waals surface area contributed by atoms with Crippen LogP contribution in [0.2, 0.25) is 0 Å². The predicted molar refractivity (Wildman–Crippen MR) is 47.7 cm³/mol. The second kappa shape index (κ2) is 4.51. The van der Waals surface area contributed by atoms with Crippen molar-refractivity contribution in [2.75, 3.05) is 0 Å². The first-order valence-corrected chi connectivity index (χ1v) is 4.42. The minimum atomic E-state index is -4.95. The molecular weight excluding hydrogens is 228 g/mol. The van der Waals surface area contributed by atoms with Gasteiger partial charge in [-0.05, 0) is 12.1 Å². The lowest BCUT2D eigenvalue weighted by Gasteiger charge is -2.12. The third kappa shape index (κ3) is 2.95. The maximum atomic E-state index is 13.2. The summed E-state index contributed by atoms with van der Waals surface area (Å²) in [5, 5.41) is 0. The summed E-state index contributed by atoms with van der Waals surface area (Å²) in [5.41, 5.74) is -0.665. The molecule has 0 saturated heterocycles. The Morgan fingerprint density at radius 1 is 1.38 bits per heavy atom. The average Bonchev–Trinajstić information content (AvgIpc) is 2.14. The molecule has 0 N–H and O–H groups in total. The zero-order chi connectivity index (χ0) is 12.3. The molecule has 0 aliphatic heterocycles. The van der Waals surface area contributed by atoms with Crippen molar-refractivity contribution in [3.63, 3.8) is 0 Å². The molecule has 1 rings (SSSR count). The summed E-state index contributed by atoms with van der Waals surface area (Å²) in [7, 11) is 0. The van der Waals surface area contributed by atoms with E-state index in [9.17, 15) is 22.4 Å². The Morgan fingerprint density at radius 2 is 2.00 bits per heavy atom. The molecule has 0 aromatic heterocycles. The third-order valence-corrected chi connectivity index (χ3v) is 1.80. The average molecular weight is 236 g/mol. The van der Waals surface area contributed by atoms with Crippen molar-refractivity contribution in [3.05, 3.63) is 29.6 Å². The summed E-state index contributed by atoms with van der Waals surface area (Å²) < 4.78 is 52.7. The number of alkyl halides is 3. The number of carbonyl (C=O) groups is 1. The van der Waals surface area contributed by atoms with Crippen LogP contribution in [0.3, 0.4) is 0 Å². The van der Waals surface area contributed by atoms with Crippen LogP contribution in [0.5, 0.6) is 5.75 Å². The molecule has 0 heterocycles. The van der Waals surface area contributed by atoms with E-state index in [2.05, 4.69) is 4.74 Å². The van der Waals surface area contributed by atoms with Crippen molar-refractivity contribution in [1.29, 1.82) is 0 Å². The monoisotopic (exact) mass is 236 g/mol. The SMILES string of the molecule is CCC(=O)c1c(F)cccc1OC(F)(F)F. The number of carbonyl (C=O) groups excluding carboxylic acids is 1. The lowest BCUT2D eigenvalue weighted by Crippen LogP contribution is -2.19. The summed E-state index contributed by atoms with van der Waals surface area (Å²) in [6, 6.07) is 2.86. The number of Topliss-reactive ketones (excluding diaryl/α,β-unsaturated/α-hetero) is 1. The molecule has 0 aliphatic carbocycles. The van der Waals surface area contributed by atoms with Crippen molar-refractivity contribution >= 4 is 5.78 Å². The number of ether oxygens (including phenoxy) is 1. The lowest BCUT2D eigenvalue weighted by molar-refractivity contribution is -0.274. The predicted octanol–water partition coefficient (Wildman–Crippen LogP) is 3.32. The molecule has 16 heavy (non-hydrogen) atoms. The van der Waals surface area contributed by atoms with Gasteiger partial charge in [0, 0.05) is 6.42 Å². The van der Waals surface area contributed by atoms with Crippen molar-refractivity contribution in [2.24, 2.45) is 0 Å². The van der Waals surface area contributed by atoms with Gasteiger partial charge in [0.25, 0.3) is 0 Å². The molecule has 0 aliphatic rings. The van der Waals surface area contributed by atoms with Crippen LogP contribution in [0.4, 0.5) is 17.6 Å². The Morgan fingerprint density at radius 3 is 2.50 bits per heavy atom. The van der Waals surface area contributed by atoms with Crippen LogP contribution < -0.4 is 4.74 Å². The number of ketones is 1. The highest BCUT2D eigenvalue weighted by atomic mass is 19.4. The minimum Gasteiger partial charge on any atom is -0.405 e. The zero-order valence-electron chi connectivity index (χ0n) is 8.27. The molecular formula is C10H8F4O2. The summed E-state index contributed by atoms with van der Waals surface area (Å²) in [4.78, 5) is 11.3. The third-order valence-electron chi connectivity index (χ3n) is 1.80. The second-order valence-corrected chi connectivity index (χ2v) is 2.94. The van der Waals surface area contributed by atoms with Crippen molar-refractivity contribution in [2.45, 2.75) is 19.7 Å². The maximum Gasteiger partial charge on any atom is 0.573 e. The largest absolute Gasteiger partial charge is 0.573 e. The number of halogens is 4. The van der Waals surface area contributed by atoms with E-state index in [0.29, 0.717) is 0 Å². The zero-order valence-corrected chi connectivity index (χ0v) is 8.27. The quantitative estimate of drug-likeness (QED) is 0.594. The molecule has 0 bridgehead atoms. The van der Waals surface area contributed by atoms with Gasteiger partial charge in [-0.25, -0.2) is 4.39 Å². The number of hydrogen-bond acceptors (Lipinski definition) is 2. The Kier molecular flexibility index (Phi) is 3.51. The van der Waals surface area contributed by atoms with Gasteiger partial charge in [-0.1, -0.05) is 13.0 Å². The van der Waals surface area contributed by atoms with Crippen LogP contribution in [0.15, 0.2) is 18.2 Å². The summed E-state index contributed by atoms with van der Waals surface area (Å²) >= 11 is 0. The maximum absolute atomic E-state index is 13.2. The highest BCUT2D eigenvalue weighted by Crippen LogP contribution is 2.28. The van der Waals surface area contributed by atoms with Gasteiger partial charge in [0.1, 0.15) is 11.6 Å². The van der Waals surface area contributed by atoms with E-state index in [1.165, 1.54) is 6.92 Å². The first-order valence-electron chi connectivity index (χ1n) is 4.42. The minimum absolute atomic E-state index is 0.102. The molecule has 0 amide bonds. The Balaban J connectivity index is 3.18. The molecule has 2 nitrogen and oxygen atoms in total. The van der Waals surface area contributed by atoms with Gasteiger partial charge in [-0.2, -0.15) is 0 Å². The number of benzene rings is 1. The van der Waals surface area contributed by atoms with Gasteiger partial charge in [0.15, 0.2) is 5.78 Å². The van der Waals surface area contributed by atoms with Crippen LogP contribution in [0.1, 0.15) is 23.7 Å². The van der Waals surface area contributed by atoms with Crippen LogP contribution in [-0.4, -0.2) is 12.1 Å². The van der Waals surface area contributed by atoms with E-state index in [1.807, 2.05) is 0 Å². The summed E-state index contributed by atoms with van der Waals surface area (Å²) in [6.07, 6.45) is -5.05. The van der Waals surface area contributed by atoms with Gasteiger partial charge in [-0.3, -0.25) is 4.79 Å². The molecule has 1 aromatic rings. The number of hydrogen-bond donors (Lipinski definition) is 0. The highest BCUT2D eigenvalue weighted by Gasteiger charge is 2.33. The van der Waals surface area contributed by atoms with E-state index >= 15 is 0 Å². The molecule has 0 atom stereocenters. The summed E-state index contributed by atoms with van der Waals surface area (Å²) in [5.74, 6) is -2.56. The Bertz CT molecular complexity index is 398. The van der Waals surface area contributed by atoms with E-state index in [-0.39, 0.29) is 6.42 Å². The molecule has 0 radical (unpaired) electrons. The smallest absolute Gasteiger partial charge is 0.405 e. The van der Waals surface area contributed by atoms with Crippen LogP contribution in [-0.2, 0) is 0 Å². The van der Waals surface area contributed by atoms with Gasteiger partial charge >= 0.3 is 6.36 Å². The normalized spacial score (nSPS) is 11.3. The van der Waals surface area contributed by atoms with E-state index in [0.717, 1.165) is 18.2 Å². The van der Waals surface area contributed by atoms with Crippen molar-refractivity contribution < 1.29 is 27.1 Å². The molecule has 0 saturated carbocycles. The standard InChI is InChI=1S/C10H8F4O2/c1-2-7(15)9-6(11)4-3-5-8(9)16-10(12,13)14/h3-5H,2H2,1H3. The van der Waals surface area contributed by atoms with Crippen LogP contribution >= 0.6 is 0 Å². The molecule has 6 heteroatoms. The molecule has 0 unspecified atom stereocenters. The van der Waals surface area contributed by atoms with E-state index in [1.54, 1.807) is 0 Å². The molecule has 1 aromatic carbocycles. The second-order valence-electron chi connectivity index (χ2n) is 2.94. The topological polar surface area (TPSA) is 26.3 Å². The van der Waals surface area contributed by atoms with Crippen LogP contribution in [0, 0.1) is 5.82 Å². The molecule has 0 fully saturated rings.